The molecule has 1 unspecified atom stereocenters. The van der Waals surface area contributed by atoms with Crippen molar-refractivity contribution in [1.82, 2.24) is 9.97 Å². The van der Waals surface area contributed by atoms with Gasteiger partial charge in [-0.1, -0.05) is 0 Å². The summed E-state index contributed by atoms with van der Waals surface area (Å²) in [5.74, 6) is 0.0983. The molecule has 2 saturated heterocycles. The second-order valence-electron chi connectivity index (χ2n) is 9.72. The lowest BCUT2D eigenvalue weighted by molar-refractivity contribution is -0.156. The largest absolute Gasteiger partial charge is 0.477 e. The van der Waals surface area contributed by atoms with Gasteiger partial charge < -0.3 is 25.4 Å². The summed E-state index contributed by atoms with van der Waals surface area (Å²) in [6, 6.07) is 3.52. The zero-order valence-corrected chi connectivity index (χ0v) is 17.6. The summed E-state index contributed by atoms with van der Waals surface area (Å²) in [6.45, 7) is 0.926. The lowest BCUT2D eigenvalue weighted by Crippen LogP contribution is -2.59. The highest BCUT2D eigenvalue weighted by Crippen LogP contribution is 2.45. The number of aliphatic hydroxyl groups is 2. The number of rotatable bonds is 6. The van der Waals surface area contributed by atoms with E-state index in [-0.39, 0.29) is 22.9 Å². The highest BCUT2D eigenvalue weighted by Gasteiger charge is 2.47. The van der Waals surface area contributed by atoms with Gasteiger partial charge in [0.2, 0.25) is 5.88 Å². The number of aryl methyl sites for hydroxylation is 1. The first-order valence-corrected chi connectivity index (χ1v) is 11.2. The van der Waals surface area contributed by atoms with Gasteiger partial charge in [0.15, 0.2) is 0 Å². The van der Waals surface area contributed by atoms with E-state index >= 15 is 0 Å². The minimum atomic E-state index is -0.700. The van der Waals surface area contributed by atoms with E-state index in [0.29, 0.717) is 55.0 Å². The van der Waals surface area contributed by atoms with Crippen molar-refractivity contribution in [2.24, 2.45) is 11.7 Å². The lowest BCUT2D eigenvalue weighted by Gasteiger charge is -2.51. The zero-order chi connectivity index (χ0) is 21.6. The predicted molar refractivity (Wildman–Crippen MR) is 112 cm³/mol. The van der Waals surface area contributed by atoms with Crippen LogP contribution in [0.1, 0.15) is 50.5 Å². The number of nitrogens with two attached hydrogens (primary N) is 1. The molecule has 8 heteroatoms. The Balaban J connectivity index is 1.32. The minimum absolute atomic E-state index is 0.0659. The summed E-state index contributed by atoms with van der Waals surface area (Å²) in [5.41, 5.74) is 7.59. The Hall–Kier alpha value is -1.87. The number of fused-ring (bicyclic) bond motifs is 4. The molecule has 7 nitrogen and oxygen atoms in total. The number of aliphatic hydroxyl groups excluding tert-OH is 2. The van der Waals surface area contributed by atoms with E-state index in [2.05, 4.69) is 9.97 Å². The predicted octanol–water partition coefficient (Wildman–Crippen LogP) is 2.25. The first kappa shape index (κ1) is 21.0. The summed E-state index contributed by atoms with van der Waals surface area (Å²) >= 11 is 0. The second kappa shape index (κ2) is 7.92. The number of hydrogen-bond donors (Lipinski definition) is 3. The number of hydrogen-bond acceptors (Lipinski definition) is 7. The van der Waals surface area contributed by atoms with Crippen molar-refractivity contribution in [2.45, 2.75) is 74.7 Å². The second-order valence-corrected chi connectivity index (χ2v) is 9.72. The molecule has 2 aliphatic carbocycles. The Kier molecular flexibility index (Phi) is 5.37. The summed E-state index contributed by atoms with van der Waals surface area (Å²) < 4.78 is 26.7. The average molecular weight is 432 g/mol. The number of ether oxygens (including phenoxy) is 2. The first-order valence-electron chi connectivity index (χ1n) is 11.2. The Morgan fingerprint density at radius 2 is 1.90 bits per heavy atom. The van der Waals surface area contributed by atoms with Crippen LogP contribution in [0.3, 0.4) is 0 Å². The molecule has 3 atom stereocenters. The molecule has 4 N–H and O–H groups in total. The van der Waals surface area contributed by atoms with Gasteiger partial charge in [-0.3, -0.25) is 4.98 Å². The number of nitrogens with zero attached hydrogens (tertiary/aromatic N) is 2. The van der Waals surface area contributed by atoms with Gasteiger partial charge >= 0.3 is 0 Å². The van der Waals surface area contributed by atoms with E-state index in [1.54, 1.807) is 12.1 Å². The quantitative estimate of drug-likeness (QED) is 0.643. The van der Waals surface area contributed by atoms with Crippen LogP contribution >= 0.6 is 0 Å². The van der Waals surface area contributed by atoms with Crippen LogP contribution in [0.2, 0.25) is 0 Å². The van der Waals surface area contributed by atoms with Crippen molar-refractivity contribution in [2.75, 3.05) is 13.2 Å². The van der Waals surface area contributed by atoms with Crippen LogP contribution in [-0.2, 0) is 11.2 Å². The molecule has 6 rings (SSSR count). The highest BCUT2D eigenvalue weighted by atomic mass is 19.1. The average Bonchev–Trinajstić information content (AvgIpc) is 3.10. The maximum Gasteiger partial charge on any atom is 0.213 e. The molecule has 2 aliphatic heterocycles. The van der Waals surface area contributed by atoms with Crippen molar-refractivity contribution in [3.05, 3.63) is 29.7 Å². The Morgan fingerprint density at radius 1 is 1.16 bits per heavy atom. The van der Waals surface area contributed by atoms with Gasteiger partial charge in [-0.2, -0.15) is 0 Å². The third-order valence-corrected chi connectivity index (χ3v) is 7.45. The standard InChI is InChI=1S/C23H30FN3O4/c24-16-11-26-17-1-2-20(30-12-14-9-18(28)19(29)10-14)27-21(17)15(16)3-4-23-7-5-22(25,6-8-23)13-31-23/h1-2,11,14,18-19,28-29H,3-10,12-13,25H2/t14?,18-,19+,22?,23?. The van der Waals surface area contributed by atoms with Crippen LogP contribution in [-0.4, -0.2) is 56.7 Å². The number of pyridine rings is 2. The van der Waals surface area contributed by atoms with Crippen LogP contribution in [0.5, 0.6) is 5.88 Å². The van der Waals surface area contributed by atoms with Gasteiger partial charge in [-0.05, 0) is 63.4 Å². The fraction of sp³-hybridized carbons (Fsp3) is 0.652. The van der Waals surface area contributed by atoms with Gasteiger partial charge in [-0.25, -0.2) is 9.37 Å². The van der Waals surface area contributed by atoms with Crippen molar-refractivity contribution in [1.29, 1.82) is 0 Å². The third kappa shape index (κ3) is 4.14. The molecule has 0 aromatic carbocycles. The van der Waals surface area contributed by atoms with Crippen molar-refractivity contribution < 1.29 is 24.1 Å². The van der Waals surface area contributed by atoms with Gasteiger partial charge in [0.25, 0.3) is 0 Å². The summed E-state index contributed by atoms with van der Waals surface area (Å²) in [6.07, 6.45) is 5.83. The molecule has 2 aromatic rings. The van der Waals surface area contributed by atoms with Crippen molar-refractivity contribution in [3.8, 4) is 5.88 Å². The molecule has 168 valence electrons. The van der Waals surface area contributed by atoms with Gasteiger partial charge in [-0.15, -0.1) is 0 Å². The molecule has 2 saturated carbocycles. The molecule has 0 spiro atoms. The topological polar surface area (TPSA) is 111 Å². The molecular weight excluding hydrogens is 401 g/mol. The molecule has 4 fully saturated rings. The van der Waals surface area contributed by atoms with Crippen molar-refractivity contribution >= 4 is 11.0 Å². The van der Waals surface area contributed by atoms with E-state index < -0.39 is 12.2 Å². The van der Waals surface area contributed by atoms with E-state index in [9.17, 15) is 14.6 Å². The fourth-order valence-electron chi connectivity index (χ4n) is 5.29. The highest BCUT2D eigenvalue weighted by molar-refractivity contribution is 5.78. The van der Waals surface area contributed by atoms with Crippen LogP contribution in [0.25, 0.3) is 11.0 Å². The van der Waals surface area contributed by atoms with E-state index in [1.807, 2.05) is 0 Å². The molecule has 4 heterocycles. The molecule has 31 heavy (non-hydrogen) atoms. The zero-order valence-electron chi connectivity index (χ0n) is 17.6. The normalized spacial score (nSPS) is 35.0. The van der Waals surface area contributed by atoms with Gasteiger partial charge in [0.05, 0.1) is 48.3 Å². The maximum atomic E-state index is 14.8. The molecule has 2 bridgehead atoms. The minimum Gasteiger partial charge on any atom is -0.477 e. The Bertz CT molecular complexity index is 937. The third-order valence-electron chi connectivity index (χ3n) is 7.45. The Labute approximate surface area is 180 Å². The molecule has 0 radical (unpaired) electrons. The molecular formula is C23H30FN3O4. The SMILES string of the molecule is NC12CCC(CCc3c(F)cnc4ccc(OCC5C[C@@H](O)[C@@H](O)C5)nc34)(CC1)OC2. The number of aromatic nitrogens is 2. The van der Waals surface area contributed by atoms with E-state index in [1.165, 1.54) is 6.20 Å². The summed E-state index contributed by atoms with van der Waals surface area (Å²) in [4.78, 5) is 8.74. The van der Waals surface area contributed by atoms with Gasteiger partial charge in [0.1, 0.15) is 5.82 Å². The first-order chi connectivity index (χ1) is 14.8. The van der Waals surface area contributed by atoms with E-state index in [0.717, 1.165) is 32.1 Å². The lowest BCUT2D eigenvalue weighted by atomic mass is 9.70. The van der Waals surface area contributed by atoms with Crippen molar-refractivity contribution in [3.63, 3.8) is 0 Å². The monoisotopic (exact) mass is 431 g/mol. The molecule has 2 aromatic heterocycles. The summed E-state index contributed by atoms with van der Waals surface area (Å²) in [7, 11) is 0. The summed E-state index contributed by atoms with van der Waals surface area (Å²) in [5, 5.41) is 19.4. The van der Waals surface area contributed by atoms with Gasteiger partial charge in [0, 0.05) is 17.2 Å². The van der Waals surface area contributed by atoms with Crippen LogP contribution in [0.4, 0.5) is 4.39 Å². The van der Waals surface area contributed by atoms with Crippen LogP contribution < -0.4 is 10.5 Å². The molecule has 4 aliphatic rings. The maximum absolute atomic E-state index is 14.8. The van der Waals surface area contributed by atoms with E-state index in [4.69, 9.17) is 15.2 Å². The Morgan fingerprint density at radius 3 is 2.58 bits per heavy atom. The smallest absolute Gasteiger partial charge is 0.213 e. The fourth-order valence-corrected chi connectivity index (χ4v) is 5.29. The molecule has 0 amide bonds. The van der Waals surface area contributed by atoms with Crippen LogP contribution in [0, 0.1) is 11.7 Å². The van der Waals surface area contributed by atoms with Crippen LogP contribution in [0.15, 0.2) is 18.3 Å². The number of halogens is 1.